The Bertz CT molecular complexity index is 711. The number of carbonyl (C=O) groups excluding carboxylic acids is 2. The number of carbonyl (C=O) groups is 2. The van der Waals surface area contributed by atoms with Crippen molar-refractivity contribution in [2.24, 2.45) is 0 Å². The molecule has 2 amide bonds. The van der Waals surface area contributed by atoms with Crippen LogP contribution in [0.15, 0.2) is 27.6 Å². The molecule has 0 saturated carbocycles. The molecule has 1 fully saturated rings. The van der Waals surface area contributed by atoms with Crippen molar-refractivity contribution in [2.75, 3.05) is 13.1 Å². The van der Waals surface area contributed by atoms with Gasteiger partial charge < -0.3 is 19.5 Å². The molecule has 8 heteroatoms. The SMILES string of the molecule is CC(C)(C)OC(=O)NCC1CCCCN1C(=O)Cn1cc(Br)ccc1=O. The first-order valence-electron chi connectivity index (χ1n) is 8.78. The van der Waals surface area contributed by atoms with Gasteiger partial charge in [-0.1, -0.05) is 0 Å². The van der Waals surface area contributed by atoms with Gasteiger partial charge in [0, 0.05) is 35.9 Å². The number of halogens is 1. The van der Waals surface area contributed by atoms with Gasteiger partial charge in [0.25, 0.3) is 5.56 Å². The van der Waals surface area contributed by atoms with Crippen molar-refractivity contribution < 1.29 is 14.3 Å². The molecule has 1 aromatic heterocycles. The van der Waals surface area contributed by atoms with E-state index in [2.05, 4.69) is 21.2 Å². The molecule has 1 unspecified atom stereocenters. The van der Waals surface area contributed by atoms with Crippen LogP contribution in [-0.2, 0) is 16.1 Å². The molecule has 0 radical (unpaired) electrons. The van der Waals surface area contributed by atoms with Crippen LogP contribution in [-0.4, -0.2) is 46.2 Å². The van der Waals surface area contributed by atoms with Crippen molar-refractivity contribution >= 4 is 27.9 Å². The lowest BCUT2D eigenvalue weighted by atomic mass is 10.0. The molecule has 0 spiro atoms. The predicted octanol–water partition coefficient (Wildman–Crippen LogP) is 2.52. The van der Waals surface area contributed by atoms with Crippen LogP contribution in [0.25, 0.3) is 0 Å². The van der Waals surface area contributed by atoms with Crippen molar-refractivity contribution in [3.63, 3.8) is 0 Å². The summed E-state index contributed by atoms with van der Waals surface area (Å²) in [7, 11) is 0. The van der Waals surface area contributed by atoms with Crippen molar-refractivity contribution in [1.82, 2.24) is 14.8 Å². The first kappa shape index (κ1) is 20.5. The van der Waals surface area contributed by atoms with Gasteiger partial charge in [0.2, 0.25) is 5.91 Å². The summed E-state index contributed by atoms with van der Waals surface area (Å²) in [4.78, 5) is 38.3. The van der Waals surface area contributed by atoms with Crippen molar-refractivity contribution in [3.8, 4) is 0 Å². The van der Waals surface area contributed by atoms with Crippen LogP contribution in [0.4, 0.5) is 4.79 Å². The summed E-state index contributed by atoms with van der Waals surface area (Å²) in [5.74, 6) is -0.124. The molecule has 2 rings (SSSR count). The number of hydrogen-bond acceptors (Lipinski definition) is 4. The Kier molecular flexibility index (Phi) is 6.86. The standard InChI is InChI=1S/C18H26BrN3O4/c1-18(2,3)26-17(25)20-10-14-6-4-5-9-22(14)16(24)12-21-11-13(19)7-8-15(21)23/h7-8,11,14H,4-6,9-10,12H2,1-3H3,(H,20,25). The molecule has 1 aliphatic heterocycles. The highest BCUT2D eigenvalue weighted by molar-refractivity contribution is 9.10. The fourth-order valence-electron chi connectivity index (χ4n) is 2.92. The minimum atomic E-state index is -0.561. The highest BCUT2D eigenvalue weighted by Gasteiger charge is 2.28. The van der Waals surface area contributed by atoms with Crippen LogP contribution in [0, 0.1) is 0 Å². The maximum absolute atomic E-state index is 12.7. The van der Waals surface area contributed by atoms with Gasteiger partial charge in [-0.15, -0.1) is 0 Å². The third-order valence-electron chi connectivity index (χ3n) is 4.08. The van der Waals surface area contributed by atoms with Crippen molar-refractivity contribution in [1.29, 1.82) is 0 Å². The number of aromatic nitrogens is 1. The molecule has 1 aromatic rings. The second kappa shape index (κ2) is 8.70. The Balaban J connectivity index is 1.99. The van der Waals surface area contributed by atoms with Gasteiger partial charge in [-0.3, -0.25) is 9.59 Å². The molecule has 1 N–H and O–H groups in total. The van der Waals surface area contributed by atoms with Crippen LogP contribution in [0.1, 0.15) is 40.0 Å². The maximum Gasteiger partial charge on any atom is 0.407 e. The Morgan fingerprint density at radius 2 is 2.04 bits per heavy atom. The van der Waals surface area contributed by atoms with Gasteiger partial charge in [0.1, 0.15) is 12.1 Å². The van der Waals surface area contributed by atoms with E-state index in [-0.39, 0.29) is 24.1 Å². The van der Waals surface area contributed by atoms with E-state index < -0.39 is 11.7 Å². The van der Waals surface area contributed by atoms with Crippen LogP contribution >= 0.6 is 15.9 Å². The number of hydrogen-bond donors (Lipinski definition) is 1. The number of pyridine rings is 1. The topological polar surface area (TPSA) is 80.6 Å². The molecule has 144 valence electrons. The zero-order valence-electron chi connectivity index (χ0n) is 15.5. The van der Waals surface area contributed by atoms with Crippen molar-refractivity contribution in [2.45, 2.75) is 58.2 Å². The summed E-state index contributed by atoms with van der Waals surface area (Å²) in [6, 6.07) is 2.99. The van der Waals surface area contributed by atoms with Crippen LogP contribution in [0.3, 0.4) is 0 Å². The Morgan fingerprint density at radius 1 is 1.31 bits per heavy atom. The number of nitrogens with zero attached hydrogens (tertiary/aromatic N) is 2. The second-order valence-corrected chi connectivity index (χ2v) is 8.35. The fourth-order valence-corrected chi connectivity index (χ4v) is 3.30. The monoisotopic (exact) mass is 427 g/mol. The van der Waals surface area contributed by atoms with E-state index >= 15 is 0 Å². The van der Waals surface area contributed by atoms with Crippen molar-refractivity contribution in [3.05, 3.63) is 33.2 Å². The lowest BCUT2D eigenvalue weighted by Gasteiger charge is -2.36. The highest BCUT2D eigenvalue weighted by atomic mass is 79.9. The van der Waals surface area contributed by atoms with E-state index in [0.29, 0.717) is 13.1 Å². The van der Waals surface area contributed by atoms with Gasteiger partial charge in [0.05, 0.1) is 0 Å². The summed E-state index contributed by atoms with van der Waals surface area (Å²) in [5, 5.41) is 2.75. The van der Waals surface area contributed by atoms with E-state index in [1.807, 2.05) is 0 Å². The van der Waals surface area contributed by atoms with Gasteiger partial charge >= 0.3 is 6.09 Å². The van der Waals surface area contributed by atoms with Crippen LogP contribution in [0.2, 0.25) is 0 Å². The maximum atomic E-state index is 12.7. The first-order valence-corrected chi connectivity index (χ1v) is 9.57. The van der Waals surface area contributed by atoms with E-state index in [0.717, 1.165) is 23.7 Å². The zero-order chi connectivity index (χ0) is 19.3. The first-order chi connectivity index (χ1) is 12.2. The predicted molar refractivity (Wildman–Crippen MR) is 102 cm³/mol. The number of likely N-dealkylation sites (tertiary alicyclic amines) is 1. The number of nitrogens with one attached hydrogen (secondary N) is 1. The summed E-state index contributed by atoms with van der Waals surface area (Å²) in [6.45, 7) is 6.37. The normalized spacial score (nSPS) is 17.7. The third-order valence-corrected chi connectivity index (χ3v) is 4.55. The number of piperidine rings is 1. The minimum Gasteiger partial charge on any atom is -0.444 e. The van der Waals surface area contributed by atoms with E-state index in [1.54, 1.807) is 37.9 Å². The van der Waals surface area contributed by atoms with Gasteiger partial charge in [-0.2, -0.15) is 0 Å². The molecule has 1 atom stereocenters. The number of amides is 2. The lowest BCUT2D eigenvalue weighted by Crippen LogP contribution is -2.51. The molecule has 0 aromatic carbocycles. The summed E-state index contributed by atoms with van der Waals surface area (Å²) < 4.78 is 7.38. The third kappa shape index (κ3) is 6.16. The summed E-state index contributed by atoms with van der Waals surface area (Å²) in [6.07, 6.45) is 3.86. The van der Waals surface area contributed by atoms with Crippen LogP contribution in [0.5, 0.6) is 0 Å². The zero-order valence-corrected chi connectivity index (χ0v) is 17.0. The average molecular weight is 428 g/mol. The second-order valence-electron chi connectivity index (χ2n) is 7.43. The molecule has 2 heterocycles. The Labute approximate surface area is 161 Å². The summed E-state index contributed by atoms with van der Waals surface area (Å²) in [5.41, 5.74) is -0.782. The number of rotatable bonds is 4. The fraction of sp³-hybridized carbons (Fsp3) is 0.611. The molecule has 0 bridgehead atoms. The quantitative estimate of drug-likeness (QED) is 0.800. The molecule has 7 nitrogen and oxygen atoms in total. The Hall–Kier alpha value is -1.83. The number of ether oxygens (including phenoxy) is 1. The minimum absolute atomic E-state index is 0.0127. The molecular formula is C18H26BrN3O4. The van der Waals surface area contributed by atoms with Gasteiger partial charge in [-0.25, -0.2) is 4.79 Å². The molecule has 1 aliphatic rings. The molecular weight excluding hydrogens is 402 g/mol. The van der Waals surface area contributed by atoms with Gasteiger partial charge in [0.15, 0.2) is 0 Å². The van der Waals surface area contributed by atoms with E-state index in [9.17, 15) is 14.4 Å². The van der Waals surface area contributed by atoms with Gasteiger partial charge in [-0.05, 0) is 62.0 Å². The largest absolute Gasteiger partial charge is 0.444 e. The molecule has 0 aliphatic carbocycles. The van der Waals surface area contributed by atoms with E-state index in [4.69, 9.17) is 4.74 Å². The highest BCUT2D eigenvalue weighted by Crippen LogP contribution is 2.17. The lowest BCUT2D eigenvalue weighted by molar-refractivity contribution is -0.135. The van der Waals surface area contributed by atoms with Crippen LogP contribution < -0.4 is 10.9 Å². The average Bonchev–Trinajstić information content (AvgIpc) is 2.55. The molecule has 26 heavy (non-hydrogen) atoms. The number of alkyl carbamates (subject to hydrolysis) is 1. The van der Waals surface area contributed by atoms with E-state index in [1.165, 1.54) is 10.6 Å². The summed E-state index contributed by atoms with van der Waals surface area (Å²) >= 11 is 3.31. The Morgan fingerprint density at radius 3 is 2.73 bits per heavy atom. The smallest absolute Gasteiger partial charge is 0.407 e. The molecule has 1 saturated heterocycles.